The summed E-state index contributed by atoms with van der Waals surface area (Å²) in [6, 6.07) is 6.95. The van der Waals surface area contributed by atoms with Crippen molar-refractivity contribution in [2.45, 2.75) is 25.7 Å². The summed E-state index contributed by atoms with van der Waals surface area (Å²) in [5.41, 5.74) is 0.661. The molecule has 0 aliphatic carbocycles. The first kappa shape index (κ1) is 18.2. The molecule has 1 aromatic carbocycles. The van der Waals surface area contributed by atoms with E-state index < -0.39 is 10.1 Å². The SMILES string of the molecule is CS(=O)(=O)OCCCC1CCN(C(=O)c2ccc(Cl)cc2)CC1. The lowest BCUT2D eigenvalue weighted by Crippen LogP contribution is -2.38. The smallest absolute Gasteiger partial charge is 0.264 e. The summed E-state index contributed by atoms with van der Waals surface area (Å²) >= 11 is 5.84. The summed E-state index contributed by atoms with van der Waals surface area (Å²) in [7, 11) is -3.34. The van der Waals surface area contributed by atoms with Crippen molar-refractivity contribution < 1.29 is 17.4 Å². The Balaban J connectivity index is 1.73. The molecule has 1 aliphatic heterocycles. The van der Waals surface area contributed by atoms with E-state index in [9.17, 15) is 13.2 Å². The van der Waals surface area contributed by atoms with Gasteiger partial charge < -0.3 is 4.90 Å². The number of amides is 1. The number of piperidine rings is 1. The Bertz CT molecular complexity index is 622. The van der Waals surface area contributed by atoms with Gasteiger partial charge in [0.05, 0.1) is 12.9 Å². The number of likely N-dealkylation sites (tertiary alicyclic amines) is 1. The minimum atomic E-state index is -3.34. The van der Waals surface area contributed by atoms with Crippen LogP contribution in [0.3, 0.4) is 0 Å². The predicted octanol–water partition coefficient (Wildman–Crippen LogP) is 2.95. The quantitative estimate of drug-likeness (QED) is 0.578. The Morgan fingerprint density at radius 3 is 2.43 bits per heavy atom. The fraction of sp³-hybridized carbons (Fsp3) is 0.562. The number of hydrogen-bond donors (Lipinski definition) is 0. The third-order valence-corrected chi connectivity index (χ3v) is 4.89. The normalized spacial score (nSPS) is 16.5. The molecular weight excluding hydrogens is 338 g/mol. The van der Waals surface area contributed by atoms with Crippen molar-refractivity contribution in [2.75, 3.05) is 26.0 Å². The highest BCUT2D eigenvalue weighted by atomic mass is 35.5. The van der Waals surface area contributed by atoms with Crippen LogP contribution in [0.4, 0.5) is 0 Å². The minimum Gasteiger partial charge on any atom is -0.339 e. The molecule has 1 aromatic rings. The van der Waals surface area contributed by atoms with Gasteiger partial charge in [-0.25, -0.2) is 0 Å². The monoisotopic (exact) mass is 359 g/mol. The number of carbonyl (C=O) groups is 1. The Kier molecular flexibility index (Phi) is 6.44. The lowest BCUT2D eigenvalue weighted by atomic mass is 9.92. The molecule has 0 N–H and O–H groups in total. The van der Waals surface area contributed by atoms with Crippen molar-refractivity contribution in [3.05, 3.63) is 34.9 Å². The number of carbonyl (C=O) groups excluding carboxylic acids is 1. The molecule has 23 heavy (non-hydrogen) atoms. The molecule has 1 amide bonds. The van der Waals surface area contributed by atoms with Crippen LogP contribution in [0.15, 0.2) is 24.3 Å². The van der Waals surface area contributed by atoms with Gasteiger partial charge in [0, 0.05) is 23.7 Å². The Hall–Kier alpha value is -1.11. The molecule has 7 heteroatoms. The number of halogens is 1. The molecule has 0 radical (unpaired) electrons. The molecule has 0 unspecified atom stereocenters. The molecule has 128 valence electrons. The van der Waals surface area contributed by atoms with Crippen LogP contribution >= 0.6 is 11.6 Å². The highest BCUT2D eigenvalue weighted by Crippen LogP contribution is 2.23. The zero-order chi connectivity index (χ0) is 16.9. The standard InChI is InChI=1S/C16H22ClNO4S/c1-23(20,21)22-12-2-3-13-8-10-18(11-9-13)16(19)14-4-6-15(17)7-5-14/h4-7,13H,2-3,8-12H2,1H3. The van der Waals surface area contributed by atoms with Crippen molar-refractivity contribution in [1.29, 1.82) is 0 Å². The molecule has 0 bridgehead atoms. The van der Waals surface area contributed by atoms with Gasteiger partial charge in [0.2, 0.25) is 0 Å². The predicted molar refractivity (Wildman–Crippen MR) is 90.1 cm³/mol. The van der Waals surface area contributed by atoms with Crippen LogP contribution in [0.25, 0.3) is 0 Å². The second kappa shape index (κ2) is 8.13. The van der Waals surface area contributed by atoms with Gasteiger partial charge in [-0.3, -0.25) is 8.98 Å². The van der Waals surface area contributed by atoms with E-state index in [0.29, 0.717) is 16.5 Å². The van der Waals surface area contributed by atoms with Crippen LogP contribution in [-0.2, 0) is 14.3 Å². The van der Waals surface area contributed by atoms with Crippen molar-refractivity contribution in [2.24, 2.45) is 5.92 Å². The summed E-state index contributed by atoms with van der Waals surface area (Å²) in [5.74, 6) is 0.563. The van der Waals surface area contributed by atoms with E-state index in [1.165, 1.54) is 0 Å². The van der Waals surface area contributed by atoms with Crippen LogP contribution in [0.2, 0.25) is 5.02 Å². The van der Waals surface area contributed by atoms with Gasteiger partial charge in [-0.2, -0.15) is 8.42 Å². The molecule has 1 heterocycles. The number of nitrogens with zero attached hydrogens (tertiary/aromatic N) is 1. The molecule has 0 atom stereocenters. The lowest BCUT2D eigenvalue weighted by molar-refractivity contribution is 0.0683. The van der Waals surface area contributed by atoms with E-state index >= 15 is 0 Å². The maximum Gasteiger partial charge on any atom is 0.264 e. The van der Waals surface area contributed by atoms with E-state index in [2.05, 4.69) is 0 Å². The second-order valence-corrected chi connectivity index (χ2v) is 7.99. The molecule has 2 rings (SSSR count). The van der Waals surface area contributed by atoms with Crippen molar-refractivity contribution in [3.63, 3.8) is 0 Å². The molecule has 0 saturated carbocycles. The first-order valence-corrected chi connectivity index (χ1v) is 9.94. The molecule has 0 aromatic heterocycles. The first-order chi connectivity index (χ1) is 10.8. The van der Waals surface area contributed by atoms with Crippen LogP contribution in [0.1, 0.15) is 36.0 Å². The van der Waals surface area contributed by atoms with Crippen LogP contribution in [-0.4, -0.2) is 45.2 Å². The zero-order valence-corrected chi connectivity index (χ0v) is 14.8. The number of benzene rings is 1. The minimum absolute atomic E-state index is 0.0422. The number of rotatable bonds is 6. The van der Waals surface area contributed by atoms with Crippen molar-refractivity contribution >= 4 is 27.6 Å². The van der Waals surface area contributed by atoms with Gasteiger partial charge in [-0.1, -0.05) is 11.6 Å². The highest BCUT2D eigenvalue weighted by Gasteiger charge is 2.23. The van der Waals surface area contributed by atoms with E-state index in [0.717, 1.165) is 45.0 Å². The van der Waals surface area contributed by atoms with Crippen molar-refractivity contribution in [1.82, 2.24) is 4.90 Å². The molecule has 5 nitrogen and oxygen atoms in total. The van der Waals surface area contributed by atoms with E-state index in [-0.39, 0.29) is 12.5 Å². The van der Waals surface area contributed by atoms with E-state index in [1.807, 2.05) is 4.90 Å². The molecule has 0 spiro atoms. The maximum atomic E-state index is 12.4. The molecule has 1 saturated heterocycles. The average Bonchev–Trinajstić information content (AvgIpc) is 2.51. The Labute approximate surface area is 142 Å². The summed E-state index contributed by atoms with van der Waals surface area (Å²) in [4.78, 5) is 14.3. The van der Waals surface area contributed by atoms with Crippen LogP contribution in [0, 0.1) is 5.92 Å². The van der Waals surface area contributed by atoms with Gasteiger partial charge in [-0.15, -0.1) is 0 Å². The molecule has 1 fully saturated rings. The summed E-state index contributed by atoms with van der Waals surface area (Å²) in [5, 5.41) is 0.622. The average molecular weight is 360 g/mol. The van der Waals surface area contributed by atoms with E-state index in [4.69, 9.17) is 15.8 Å². The van der Waals surface area contributed by atoms with Crippen LogP contribution in [0.5, 0.6) is 0 Å². The third kappa shape index (κ3) is 6.12. The van der Waals surface area contributed by atoms with Gasteiger partial charge in [-0.05, 0) is 55.9 Å². The van der Waals surface area contributed by atoms with Crippen molar-refractivity contribution in [3.8, 4) is 0 Å². The lowest BCUT2D eigenvalue weighted by Gasteiger charge is -2.32. The Morgan fingerprint density at radius 1 is 1.26 bits per heavy atom. The summed E-state index contributed by atoms with van der Waals surface area (Å²) in [6.07, 6.45) is 4.60. The van der Waals surface area contributed by atoms with Gasteiger partial charge >= 0.3 is 0 Å². The summed E-state index contributed by atoms with van der Waals surface area (Å²) in [6.45, 7) is 1.71. The van der Waals surface area contributed by atoms with Gasteiger partial charge in [0.1, 0.15) is 0 Å². The fourth-order valence-corrected chi connectivity index (χ4v) is 3.33. The largest absolute Gasteiger partial charge is 0.339 e. The third-order valence-electron chi connectivity index (χ3n) is 4.05. The highest BCUT2D eigenvalue weighted by molar-refractivity contribution is 7.85. The fourth-order valence-electron chi connectivity index (χ4n) is 2.78. The summed E-state index contributed by atoms with van der Waals surface area (Å²) < 4.78 is 26.5. The van der Waals surface area contributed by atoms with Gasteiger partial charge in [0.15, 0.2) is 0 Å². The zero-order valence-electron chi connectivity index (χ0n) is 13.2. The van der Waals surface area contributed by atoms with Crippen LogP contribution < -0.4 is 0 Å². The maximum absolute atomic E-state index is 12.4. The molecular formula is C16H22ClNO4S. The molecule has 1 aliphatic rings. The van der Waals surface area contributed by atoms with Gasteiger partial charge in [0.25, 0.3) is 16.0 Å². The second-order valence-electron chi connectivity index (χ2n) is 5.91. The topological polar surface area (TPSA) is 63.7 Å². The first-order valence-electron chi connectivity index (χ1n) is 7.74. The number of hydrogen-bond acceptors (Lipinski definition) is 4. The Morgan fingerprint density at radius 2 is 1.87 bits per heavy atom. The van der Waals surface area contributed by atoms with E-state index in [1.54, 1.807) is 24.3 Å².